The predicted octanol–water partition coefficient (Wildman–Crippen LogP) is 1.75. The van der Waals surface area contributed by atoms with E-state index in [4.69, 9.17) is 0 Å². The van der Waals surface area contributed by atoms with E-state index in [1.165, 1.54) is 19.4 Å². The van der Waals surface area contributed by atoms with E-state index in [1.54, 1.807) is 0 Å². The maximum atomic E-state index is 12.1. The Morgan fingerprint density at radius 1 is 1.33 bits per heavy atom. The number of rotatable bonds is 7. The minimum atomic E-state index is -0.152. The van der Waals surface area contributed by atoms with Crippen molar-refractivity contribution in [2.45, 2.75) is 58.4 Å². The molecular weight excluding hydrogens is 266 g/mol. The van der Waals surface area contributed by atoms with Crippen LogP contribution in [0.15, 0.2) is 0 Å². The average molecular weight is 293 g/mol. The van der Waals surface area contributed by atoms with Gasteiger partial charge in [-0.1, -0.05) is 20.3 Å². The lowest BCUT2D eigenvalue weighted by molar-refractivity contribution is 0.0900. The van der Waals surface area contributed by atoms with E-state index < -0.39 is 0 Å². The number of hydrogen-bond donors (Lipinski definition) is 2. The minimum Gasteiger partial charge on any atom is -0.346 e. The van der Waals surface area contributed by atoms with Crippen molar-refractivity contribution in [3.63, 3.8) is 0 Å². The molecule has 0 radical (unpaired) electrons. The highest BCUT2D eigenvalue weighted by molar-refractivity contribution is 5.90. The zero-order chi connectivity index (χ0) is 15.1. The summed E-state index contributed by atoms with van der Waals surface area (Å²) in [4.78, 5) is 18.8. The zero-order valence-electron chi connectivity index (χ0n) is 13.2. The summed E-state index contributed by atoms with van der Waals surface area (Å²) in [6, 6.07) is 0.253. The van der Waals surface area contributed by atoms with Gasteiger partial charge in [0.05, 0.1) is 0 Å². The Morgan fingerprint density at radius 2 is 2.10 bits per heavy atom. The van der Waals surface area contributed by atoms with Crippen LogP contribution in [0.1, 0.15) is 62.4 Å². The molecule has 2 heterocycles. The first-order chi connectivity index (χ1) is 10.2. The topological polar surface area (TPSA) is 73.9 Å². The third kappa shape index (κ3) is 4.81. The van der Waals surface area contributed by atoms with Crippen molar-refractivity contribution in [3.05, 3.63) is 11.6 Å². The molecule has 0 aromatic carbocycles. The monoisotopic (exact) mass is 293 g/mol. The number of nitrogens with zero attached hydrogens (tertiary/aromatic N) is 3. The van der Waals surface area contributed by atoms with Crippen LogP contribution >= 0.6 is 0 Å². The fourth-order valence-electron chi connectivity index (χ4n) is 2.68. The first-order valence-corrected chi connectivity index (χ1v) is 8.17. The molecule has 1 aromatic rings. The molecule has 0 aliphatic carbocycles. The van der Waals surface area contributed by atoms with Crippen molar-refractivity contribution in [2.75, 3.05) is 19.6 Å². The molecule has 1 saturated heterocycles. The van der Waals surface area contributed by atoms with Crippen molar-refractivity contribution < 1.29 is 4.79 Å². The quantitative estimate of drug-likeness (QED) is 0.803. The van der Waals surface area contributed by atoms with Crippen LogP contribution in [0, 0.1) is 0 Å². The summed E-state index contributed by atoms with van der Waals surface area (Å²) in [5.74, 6) is 0.907. The van der Waals surface area contributed by atoms with Gasteiger partial charge in [0, 0.05) is 25.6 Å². The van der Waals surface area contributed by atoms with Gasteiger partial charge in [-0.05, 0) is 32.2 Å². The van der Waals surface area contributed by atoms with Gasteiger partial charge in [0.25, 0.3) is 5.91 Å². The summed E-state index contributed by atoms with van der Waals surface area (Å²) < 4.78 is 0. The Morgan fingerprint density at radius 3 is 2.76 bits per heavy atom. The van der Waals surface area contributed by atoms with Crippen LogP contribution in [-0.2, 0) is 6.42 Å². The highest BCUT2D eigenvalue weighted by atomic mass is 16.2. The van der Waals surface area contributed by atoms with Gasteiger partial charge in [0.1, 0.15) is 5.82 Å². The second-order valence-corrected chi connectivity index (χ2v) is 5.80. The standard InChI is InChI=1S/C15H27N5O/c1-3-5-9-20-10-7-12(8-11-20)16-15(21)14-17-13(6-4-2)18-19-14/h12H,3-11H2,1-2H3,(H,16,21)(H,17,18,19). The molecule has 1 fully saturated rings. The molecular formula is C15H27N5O. The van der Waals surface area contributed by atoms with Crippen LogP contribution in [0.2, 0.25) is 0 Å². The molecule has 2 N–H and O–H groups in total. The molecule has 1 aliphatic heterocycles. The molecule has 1 aliphatic rings. The molecule has 1 amide bonds. The number of hydrogen-bond acceptors (Lipinski definition) is 4. The highest BCUT2D eigenvalue weighted by Crippen LogP contribution is 2.11. The lowest BCUT2D eigenvalue weighted by atomic mass is 10.0. The fourth-order valence-corrected chi connectivity index (χ4v) is 2.68. The minimum absolute atomic E-state index is 0.152. The zero-order valence-corrected chi connectivity index (χ0v) is 13.2. The van der Waals surface area contributed by atoms with Crippen LogP contribution < -0.4 is 5.32 Å². The van der Waals surface area contributed by atoms with Crippen molar-refractivity contribution in [2.24, 2.45) is 0 Å². The smallest absolute Gasteiger partial charge is 0.291 e. The van der Waals surface area contributed by atoms with E-state index in [2.05, 4.69) is 39.2 Å². The fraction of sp³-hybridized carbons (Fsp3) is 0.800. The predicted molar refractivity (Wildman–Crippen MR) is 82.2 cm³/mol. The van der Waals surface area contributed by atoms with Gasteiger partial charge in [-0.3, -0.25) is 9.89 Å². The molecule has 118 valence electrons. The molecule has 0 saturated carbocycles. The summed E-state index contributed by atoms with van der Waals surface area (Å²) >= 11 is 0. The normalized spacial score (nSPS) is 17.0. The summed E-state index contributed by atoms with van der Waals surface area (Å²) in [5, 5.41) is 9.88. The molecule has 0 bridgehead atoms. The first-order valence-electron chi connectivity index (χ1n) is 8.17. The lowest BCUT2D eigenvalue weighted by Gasteiger charge is -2.32. The van der Waals surface area contributed by atoms with Crippen LogP contribution in [0.3, 0.4) is 0 Å². The number of aryl methyl sites for hydroxylation is 1. The Labute approximate surface area is 126 Å². The maximum Gasteiger partial charge on any atom is 0.291 e. The number of aromatic nitrogens is 3. The van der Waals surface area contributed by atoms with Crippen LogP contribution in [-0.4, -0.2) is 51.7 Å². The maximum absolute atomic E-state index is 12.1. The number of unbranched alkanes of at least 4 members (excludes halogenated alkanes) is 1. The Hall–Kier alpha value is -1.43. The number of amides is 1. The number of piperidine rings is 1. The second kappa shape index (κ2) is 8.12. The molecule has 6 heteroatoms. The van der Waals surface area contributed by atoms with Crippen molar-refractivity contribution in [1.82, 2.24) is 25.4 Å². The van der Waals surface area contributed by atoms with E-state index in [0.29, 0.717) is 0 Å². The van der Waals surface area contributed by atoms with E-state index in [9.17, 15) is 4.79 Å². The van der Waals surface area contributed by atoms with Gasteiger partial charge >= 0.3 is 0 Å². The highest BCUT2D eigenvalue weighted by Gasteiger charge is 2.22. The summed E-state index contributed by atoms with van der Waals surface area (Å²) in [5.41, 5.74) is 0. The molecule has 0 unspecified atom stereocenters. The SMILES string of the molecule is CCCCN1CCC(NC(=O)c2n[nH]c(CCC)n2)CC1. The van der Waals surface area contributed by atoms with Gasteiger partial charge in [-0.25, -0.2) is 4.98 Å². The molecule has 0 atom stereocenters. The molecule has 6 nitrogen and oxygen atoms in total. The Balaban J connectivity index is 1.75. The van der Waals surface area contributed by atoms with Gasteiger partial charge < -0.3 is 10.2 Å². The average Bonchev–Trinajstić information content (AvgIpc) is 2.96. The number of aromatic amines is 1. The van der Waals surface area contributed by atoms with E-state index in [1.807, 2.05) is 0 Å². The number of H-pyrrole nitrogens is 1. The van der Waals surface area contributed by atoms with Crippen molar-refractivity contribution >= 4 is 5.91 Å². The first kappa shape index (κ1) is 15.9. The third-order valence-electron chi connectivity index (χ3n) is 3.97. The van der Waals surface area contributed by atoms with Crippen molar-refractivity contribution in [1.29, 1.82) is 0 Å². The molecule has 0 spiro atoms. The van der Waals surface area contributed by atoms with E-state index in [-0.39, 0.29) is 17.8 Å². The number of likely N-dealkylation sites (tertiary alicyclic amines) is 1. The summed E-state index contributed by atoms with van der Waals surface area (Å²) in [7, 11) is 0. The Kier molecular flexibility index (Phi) is 6.17. The second-order valence-electron chi connectivity index (χ2n) is 5.80. The van der Waals surface area contributed by atoms with Crippen LogP contribution in [0.5, 0.6) is 0 Å². The van der Waals surface area contributed by atoms with Crippen LogP contribution in [0.25, 0.3) is 0 Å². The van der Waals surface area contributed by atoms with Gasteiger partial charge in [0.2, 0.25) is 5.82 Å². The van der Waals surface area contributed by atoms with Gasteiger partial charge in [-0.15, -0.1) is 5.10 Å². The van der Waals surface area contributed by atoms with Crippen molar-refractivity contribution in [3.8, 4) is 0 Å². The van der Waals surface area contributed by atoms with Gasteiger partial charge in [-0.2, -0.15) is 0 Å². The largest absolute Gasteiger partial charge is 0.346 e. The van der Waals surface area contributed by atoms with Gasteiger partial charge in [0.15, 0.2) is 0 Å². The van der Waals surface area contributed by atoms with E-state index in [0.717, 1.165) is 44.6 Å². The summed E-state index contributed by atoms with van der Waals surface area (Å²) in [6.07, 6.45) is 6.35. The third-order valence-corrected chi connectivity index (χ3v) is 3.97. The number of nitrogens with one attached hydrogen (secondary N) is 2. The molecule has 2 rings (SSSR count). The van der Waals surface area contributed by atoms with E-state index >= 15 is 0 Å². The number of carbonyl (C=O) groups is 1. The number of carbonyl (C=O) groups excluding carboxylic acids is 1. The molecule has 21 heavy (non-hydrogen) atoms. The lowest BCUT2D eigenvalue weighted by Crippen LogP contribution is -2.45. The Bertz CT molecular complexity index is 437. The van der Waals surface area contributed by atoms with Crippen LogP contribution in [0.4, 0.5) is 0 Å². The summed E-state index contributed by atoms with van der Waals surface area (Å²) in [6.45, 7) is 7.61. The molecule has 1 aromatic heterocycles.